The molecule has 0 aromatic heterocycles. The number of nitrogens with two attached hydrogens (primary N) is 1. The van der Waals surface area contributed by atoms with Crippen LogP contribution in [0.1, 0.15) is 32.1 Å². The molecule has 0 aromatic rings. The van der Waals surface area contributed by atoms with E-state index >= 15 is 0 Å². The van der Waals surface area contributed by atoms with Gasteiger partial charge in [0, 0.05) is 32.3 Å². The normalized spacial score (nSPS) is 23.4. The van der Waals surface area contributed by atoms with E-state index in [1.165, 1.54) is 6.42 Å². The molecule has 1 aliphatic heterocycles. The van der Waals surface area contributed by atoms with Crippen molar-refractivity contribution in [1.82, 2.24) is 9.80 Å². The molecule has 0 aromatic carbocycles. The summed E-state index contributed by atoms with van der Waals surface area (Å²) in [6.07, 6.45) is 4.71. The van der Waals surface area contributed by atoms with Crippen LogP contribution < -0.4 is 5.73 Å². The van der Waals surface area contributed by atoms with E-state index in [1.807, 2.05) is 11.9 Å². The van der Waals surface area contributed by atoms with Crippen molar-refractivity contribution in [3.05, 3.63) is 0 Å². The van der Waals surface area contributed by atoms with Crippen LogP contribution >= 0.6 is 12.2 Å². The predicted molar refractivity (Wildman–Crippen MR) is 87.2 cm³/mol. The van der Waals surface area contributed by atoms with Gasteiger partial charge < -0.3 is 20.3 Å². The Balaban J connectivity index is 2.11. The highest BCUT2D eigenvalue weighted by molar-refractivity contribution is 7.80. The van der Waals surface area contributed by atoms with Crippen LogP contribution in [0.3, 0.4) is 0 Å². The van der Waals surface area contributed by atoms with Crippen molar-refractivity contribution in [2.45, 2.75) is 37.6 Å². The van der Waals surface area contributed by atoms with Gasteiger partial charge in [0.05, 0.1) is 4.99 Å². The first-order valence-corrected chi connectivity index (χ1v) is 8.06. The Morgan fingerprint density at radius 2 is 1.76 bits per heavy atom. The SMILES string of the molecule is CN(CC1(N(C)C)CCC1)C(=O)C1(C(N)=S)CCOCC1. The Labute approximate surface area is 132 Å². The van der Waals surface area contributed by atoms with Crippen molar-refractivity contribution >= 4 is 23.1 Å². The molecule has 1 heterocycles. The van der Waals surface area contributed by atoms with E-state index in [0.29, 0.717) is 31.0 Å². The minimum atomic E-state index is -0.709. The number of thiocarbonyl (C=S) groups is 1. The van der Waals surface area contributed by atoms with Crippen LogP contribution in [0.15, 0.2) is 0 Å². The number of likely N-dealkylation sites (N-methyl/N-ethyl adjacent to an activating group) is 2. The molecular weight excluding hydrogens is 286 g/mol. The number of hydrogen-bond acceptors (Lipinski definition) is 4. The fraction of sp³-hybridized carbons (Fsp3) is 0.867. The topological polar surface area (TPSA) is 58.8 Å². The second kappa shape index (κ2) is 6.18. The van der Waals surface area contributed by atoms with Crippen LogP contribution in [0, 0.1) is 5.41 Å². The molecule has 0 unspecified atom stereocenters. The number of amides is 1. The van der Waals surface area contributed by atoms with Crippen LogP contribution in [0.5, 0.6) is 0 Å². The standard InChI is InChI=1S/C15H27N3O2S/c1-17(2)14(5-4-6-14)11-18(3)13(19)15(12(16)21)7-9-20-10-8-15/h4-11H2,1-3H3,(H2,16,21). The molecule has 2 rings (SSSR count). The summed E-state index contributed by atoms with van der Waals surface area (Å²) in [6, 6.07) is 0. The lowest BCUT2D eigenvalue weighted by Crippen LogP contribution is -2.60. The molecule has 0 spiro atoms. The van der Waals surface area contributed by atoms with Crippen LogP contribution in [0.25, 0.3) is 0 Å². The van der Waals surface area contributed by atoms with E-state index < -0.39 is 5.41 Å². The van der Waals surface area contributed by atoms with E-state index in [0.717, 1.165) is 19.4 Å². The Bertz CT molecular complexity index is 415. The van der Waals surface area contributed by atoms with Crippen molar-refractivity contribution in [3.8, 4) is 0 Å². The average molecular weight is 313 g/mol. The van der Waals surface area contributed by atoms with Crippen molar-refractivity contribution < 1.29 is 9.53 Å². The first-order valence-electron chi connectivity index (χ1n) is 7.65. The van der Waals surface area contributed by atoms with E-state index in [-0.39, 0.29) is 11.4 Å². The Morgan fingerprint density at radius 3 is 2.14 bits per heavy atom. The van der Waals surface area contributed by atoms with Gasteiger partial charge in [-0.1, -0.05) is 12.2 Å². The molecule has 1 saturated heterocycles. The highest BCUT2D eigenvalue weighted by Crippen LogP contribution is 2.38. The van der Waals surface area contributed by atoms with Crippen molar-refractivity contribution in [2.75, 3.05) is 40.9 Å². The molecule has 0 atom stereocenters. The zero-order valence-corrected chi connectivity index (χ0v) is 14.2. The van der Waals surface area contributed by atoms with Gasteiger partial charge in [-0.2, -0.15) is 0 Å². The zero-order valence-electron chi connectivity index (χ0n) is 13.4. The summed E-state index contributed by atoms with van der Waals surface area (Å²) in [5.74, 6) is 0.0615. The first kappa shape index (κ1) is 16.6. The minimum absolute atomic E-state index is 0.0615. The largest absolute Gasteiger partial charge is 0.392 e. The Morgan fingerprint density at radius 1 is 1.19 bits per heavy atom. The maximum absolute atomic E-state index is 13.0. The van der Waals surface area contributed by atoms with Gasteiger partial charge in [-0.25, -0.2) is 0 Å². The molecule has 1 saturated carbocycles. The lowest BCUT2D eigenvalue weighted by atomic mass is 9.74. The van der Waals surface area contributed by atoms with Gasteiger partial charge in [0.1, 0.15) is 5.41 Å². The second-order valence-electron chi connectivity index (χ2n) is 6.69. The fourth-order valence-corrected chi connectivity index (χ4v) is 3.79. The van der Waals surface area contributed by atoms with Gasteiger partial charge in [0.25, 0.3) is 0 Å². The molecule has 2 aliphatic rings. The van der Waals surface area contributed by atoms with Gasteiger partial charge in [0.15, 0.2) is 0 Å². The zero-order chi connectivity index (χ0) is 15.7. The lowest BCUT2D eigenvalue weighted by molar-refractivity contribution is -0.143. The fourth-order valence-electron chi connectivity index (χ4n) is 3.50. The van der Waals surface area contributed by atoms with Crippen LogP contribution in [0.2, 0.25) is 0 Å². The van der Waals surface area contributed by atoms with Crippen LogP contribution in [-0.4, -0.2) is 67.1 Å². The molecule has 1 amide bonds. The monoisotopic (exact) mass is 313 g/mol. The predicted octanol–water partition coefficient (Wildman–Crippen LogP) is 1.01. The average Bonchev–Trinajstić information content (AvgIpc) is 2.41. The van der Waals surface area contributed by atoms with Gasteiger partial charge in [0.2, 0.25) is 5.91 Å². The number of carbonyl (C=O) groups excluding carboxylic acids is 1. The summed E-state index contributed by atoms with van der Waals surface area (Å²) < 4.78 is 5.38. The molecule has 120 valence electrons. The summed E-state index contributed by atoms with van der Waals surface area (Å²) in [6.45, 7) is 1.84. The molecular formula is C15H27N3O2S. The summed E-state index contributed by atoms with van der Waals surface area (Å²) in [4.78, 5) is 17.4. The van der Waals surface area contributed by atoms with Crippen molar-refractivity contribution in [2.24, 2.45) is 11.1 Å². The van der Waals surface area contributed by atoms with Crippen LogP contribution in [0.4, 0.5) is 0 Å². The molecule has 0 bridgehead atoms. The molecule has 21 heavy (non-hydrogen) atoms. The maximum atomic E-state index is 13.0. The minimum Gasteiger partial charge on any atom is -0.392 e. The van der Waals surface area contributed by atoms with E-state index in [4.69, 9.17) is 22.7 Å². The smallest absolute Gasteiger partial charge is 0.235 e. The quantitative estimate of drug-likeness (QED) is 0.768. The molecule has 2 N–H and O–H groups in total. The summed E-state index contributed by atoms with van der Waals surface area (Å²) in [7, 11) is 6.06. The number of ether oxygens (including phenoxy) is 1. The highest BCUT2D eigenvalue weighted by Gasteiger charge is 2.47. The van der Waals surface area contributed by atoms with Gasteiger partial charge in [-0.15, -0.1) is 0 Å². The van der Waals surface area contributed by atoms with Crippen molar-refractivity contribution in [3.63, 3.8) is 0 Å². The molecule has 0 radical (unpaired) electrons. The Hall–Kier alpha value is -0.720. The third kappa shape index (κ3) is 2.94. The number of nitrogens with zero attached hydrogens (tertiary/aromatic N) is 2. The summed E-state index contributed by atoms with van der Waals surface area (Å²) in [5, 5.41) is 0. The van der Waals surface area contributed by atoms with Gasteiger partial charge in [-0.3, -0.25) is 4.79 Å². The third-order valence-electron chi connectivity index (χ3n) is 5.34. The molecule has 5 nitrogen and oxygen atoms in total. The number of carbonyl (C=O) groups is 1. The second-order valence-corrected chi connectivity index (χ2v) is 7.13. The highest BCUT2D eigenvalue weighted by atomic mass is 32.1. The Kier molecular flexibility index (Phi) is 4.90. The third-order valence-corrected chi connectivity index (χ3v) is 5.73. The molecule has 6 heteroatoms. The maximum Gasteiger partial charge on any atom is 0.235 e. The summed E-state index contributed by atoms with van der Waals surface area (Å²) >= 11 is 5.22. The van der Waals surface area contributed by atoms with Gasteiger partial charge in [-0.05, 0) is 46.2 Å². The first-order chi connectivity index (χ1) is 9.84. The lowest BCUT2D eigenvalue weighted by Gasteiger charge is -2.50. The van der Waals surface area contributed by atoms with Crippen molar-refractivity contribution in [1.29, 1.82) is 0 Å². The summed E-state index contributed by atoms with van der Waals surface area (Å²) in [5.41, 5.74) is 5.34. The number of rotatable bonds is 5. The van der Waals surface area contributed by atoms with Gasteiger partial charge >= 0.3 is 0 Å². The van der Waals surface area contributed by atoms with Crippen LogP contribution in [-0.2, 0) is 9.53 Å². The van der Waals surface area contributed by atoms with E-state index in [9.17, 15) is 4.79 Å². The van der Waals surface area contributed by atoms with E-state index in [2.05, 4.69) is 19.0 Å². The molecule has 1 aliphatic carbocycles. The number of hydrogen-bond donors (Lipinski definition) is 1. The van der Waals surface area contributed by atoms with E-state index in [1.54, 1.807) is 0 Å². The molecule has 2 fully saturated rings.